The van der Waals surface area contributed by atoms with Gasteiger partial charge in [0.1, 0.15) is 24.8 Å². The summed E-state index contributed by atoms with van der Waals surface area (Å²) in [6.45, 7) is 3.88. The molecule has 0 bridgehead atoms. The quantitative estimate of drug-likeness (QED) is 0.0889. The number of urea groups is 1. The first kappa shape index (κ1) is 32.3. The molecular weight excluding hydrogens is 639 g/mol. The number of carbonyl (C=O) groups is 2. The van der Waals surface area contributed by atoms with Gasteiger partial charge in [-0.2, -0.15) is 5.10 Å². The second kappa shape index (κ2) is 15.2. The molecule has 13 heteroatoms. The zero-order chi connectivity index (χ0) is 31.6. The first-order chi connectivity index (χ1) is 21.2. The molecule has 1 aliphatic rings. The van der Waals surface area contributed by atoms with Gasteiger partial charge in [-0.15, -0.1) is 0 Å². The smallest absolute Gasteiger partial charge is 0.337 e. The SMILES string of the molecule is CCOc1cc([C@H]2NC(=O)NC(C)=C2C(=O)OC)ccc1OC[C@H](O)N/N=C\c1ccc(OCc2ccc(F)cc2)c(Br)c1. The molecule has 0 fully saturated rings. The van der Waals surface area contributed by atoms with E-state index in [2.05, 4.69) is 37.1 Å². The fourth-order valence-corrected chi connectivity index (χ4v) is 4.79. The van der Waals surface area contributed by atoms with Gasteiger partial charge in [0.2, 0.25) is 0 Å². The fourth-order valence-electron chi connectivity index (χ4n) is 4.28. The van der Waals surface area contributed by atoms with Gasteiger partial charge in [-0.3, -0.25) is 5.43 Å². The largest absolute Gasteiger partial charge is 0.490 e. The second-order valence-corrected chi connectivity index (χ2v) is 10.4. The van der Waals surface area contributed by atoms with E-state index in [-0.39, 0.29) is 24.6 Å². The van der Waals surface area contributed by atoms with Crippen molar-refractivity contribution >= 4 is 34.1 Å². The Labute approximate surface area is 262 Å². The lowest BCUT2D eigenvalue weighted by molar-refractivity contribution is -0.136. The highest BCUT2D eigenvalue weighted by Crippen LogP contribution is 2.35. The Kier molecular flexibility index (Phi) is 11.2. The molecule has 232 valence electrons. The number of rotatable bonds is 13. The number of ether oxygens (including phenoxy) is 4. The van der Waals surface area contributed by atoms with Crippen LogP contribution in [-0.2, 0) is 16.1 Å². The van der Waals surface area contributed by atoms with E-state index < -0.39 is 24.3 Å². The summed E-state index contributed by atoms with van der Waals surface area (Å²) in [5.41, 5.74) is 5.41. The van der Waals surface area contributed by atoms with Crippen LogP contribution < -0.4 is 30.3 Å². The molecule has 0 aliphatic carbocycles. The van der Waals surface area contributed by atoms with Crippen LogP contribution in [-0.4, -0.2) is 49.9 Å². The highest BCUT2D eigenvalue weighted by atomic mass is 79.9. The number of carbonyl (C=O) groups excluding carboxylic acids is 2. The minimum absolute atomic E-state index is 0.160. The van der Waals surface area contributed by atoms with Crippen molar-refractivity contribution in [1.82, 2.24) is 16.1 Å². The highest BCUT2D eigenvalue weighted by molar-refractivity contribution is 9.10. The van der Waals surface area contributed by atoms with Crippen LogP contribution in [0.4, 0.5) is 9.18 Å². The minimum Gasteiger partial charge on any atom is -0.490 e. The van der Waals surface area contributed by atoms with Crippen molar-refractivity contribution in [2.24, 2.45) is 5.10 Å². The van der Waals surface area contributed by atoms with Crippen molar-refractivity contribution in [2.45, 2.75) is 32.7 Å². The number of amides is 2. The maximum atomic E-state index is 13.1. The number of benzene rings is 3. The summed E-state index contributed by atoms with van der Waals surface area (Å²) in [6.07, 6.45) is 0.377. The lowest BCUT2D eigenvalue weighted by Gasteiger charge is -2.28. The van der Waals surface area contributed by atoms with Crippen molar-refractivity contribution in [3.63, 3.8) is 0 Å². The number of nitrogens with zero attached hydrogens (tertiary/aromatic N) is 1. The Morgan fingerprint density at radius 2 is 1.84 bits per heavy atom. The standard InChI is InChI=1S/C31H32BrFN4O7/c1-4-42-26-14-21(29-28(30(39)41-3)18(2)35-31(40)36-29)8-12-25(26)44-17-27(38)37-34-15-20-7-11-24(23(32)13-20)43-16-19-5-9-22(33)10-6-19/h5-15,27,29,37-38H,4,16-17H2,1-3H3,(H2,35,36,40)/b34-15-/t27-,29+/m0/s1. The van der Waals surface area contributed by atoms with Crippen LogP contribution in [0.5, 0.6) is 17.2 Å². The first-order valence-electron chi connectivity index (χ1n) is 13.6. The van der Waals surface area contributed by atoms with Gasteiger partial charge in [0.05, 0.1) is 36.0 Å². The van der Waals surface area contributed by atoms with E-state index >= 15 is 0 Å². The summed E-state index contributed by atoms with van der Waals surface area (Å²) < 4.78 is 36.0. The van der Waals surface area contributed by atoms with Crippen LogP contribution in [0.2, 0.25) is 0 Å². The van der Waals surface area contributed by atoms with E-state index in [0.29, 0.717) is 39.6 Å². The number of methoxy groups -OCH3 is 1. The lowest BCUT2D eigenvalue weighted by atomic mass is 9.95. The number of hydrogen-bond acceptors (Lipinski definition) is 9. The summed E-state index contributed by atoms with van der Waals surface area (Å²) in [6, 6.07) is 15.2. The molecule has 0 radical (unpaired) electrons. The van der Waals surface area contributed by atoms with Crippen molar-refractivity contribution < 1.29 is 38.0 Å². The minimum atomic E-state index is -1.15. The topological polar surface area (TPSA) is 140 Å². The van der Waals surface area contributed by atoms with Gasteiger partial charge in [0, 0.05) is 5.70 Å². The molecule has 4 rings (SSSR count). The molecule has 3 aromatic rings. The Bertz CT molecular complexity index is 1550. The van der Waals surface area contributed by atoms with Crippen molar-refractivity contribution in [2.75, 3.05) is 20.3 Å². The van der Waals surface area contributed by atoms with Gasteiger partial charge >= 0.3 is 12.0 Å². The highest BCUT2D eigenvalue weighted by Gasteiger charge is 2.32. The molecule has 11 nitrogen and oxygen atoms in total. The van der Waals surface area contributed by atoms with E-state index in [0.717, 1.165) is 11.1 Å². The van der Waals surface area contributed by atoms with Crippen LogP contribution in [0.15, 0.2) is 81.5 Å². The summed E-state index contributed by atoms with van der Waals surface area (Å²) in [5.74, 6) is 0.441. The van der Waals surface area contributed by atoms with E-state index in [1.807, 2.05) is 0 Å². The summed E-state index contributed by atoms with van der Waals surface area (Å²) in [7, 11) is 1.27. The van der Waals surface area contributed by atoms with E-state index in [1.54, 1.807) is 62.4 Å². The van der Waals surface area contributed by atoms with Crippen molar-refractivity contribution in [3.8, 4) is 17.2 Å². The molecule has 0 saturated heterocycles. The number of esters is 1. The van der Waals surface area contributed by atoms with Crippen LogP contribution >= 0.6 is 15.9 Å². The third-order valence-electron chi connectivity index (χ3n) is 6.37. The Morgan fingerprint density at radius 1 is 1.09 bits per heavy atom. The van der Waals surface area contributed by atoms with Gasteiger partial charge in [-0.25, -0.2) is 14.0 Å². The Morgan fingerprint density at radius 3 is 2.55 bits per heavy atom. The molecule has 0 saturated carbocycles. The summed E-state index contributed by atoms with van der Waals surface area (Å²) >= 11 is 3.48. The maximum Gasteiger partial charge on any atom is 0.337 e. The number of aliphatic hydroxyl groups is 1. The molecule has 2 amide bonds. The number of halogens is 2. The average molecular weight is 672 g/mol. The van der Waals surface area contributed by atoms with Crippen LogP contribution in [0.25, 0.3) is 0 Å². The summed E-state index contributed by atoms with van der Waals surface area (Å²) in [5, 5.41) is 19.8. The molecule has 0 spiro atoms. The monoisotopic (exact) mass is 670 g/mol. The lowest BCUT2D eigenvalue weighted by Crippen LogP contribution is -2.45. The zero-order valence-corrected chi connectivity index (χ0v) is 25.8. The fraction of sp³-hybridized carbons (Fsp3) is 0.258. The molecule has 3 aromatic carbocycles. The van der Waals surface area contributed by atoms with Crippen molar-refractivity contribution in [1.29, 1.82) is 0 Å². The van der Waals surface area contributed by atoms with Gasteiger partial charge in [0.25, 0.3) is 0 Å². The van der Waals surface area contributed by atoms with Gasteiger partial charge < -0.3 is 34.7 Å². The number of aliphatic hydroxyl groups excluding tert-OH is 1. The van der Waals surface area contributed by atoms with Gasteiger partial charge in [-0.05, 0) is 88.9 Å². The van der Waals surface area contributed by atoms with E-state index in [9.17, 15) is 19.1 Å². The van der Waals surface area contributed by atoms with Gasteiger partial charge in [0.15, 0.2) is 17.7 Å². The maximum absolute atomic E-state index is 13.1. The predicted molar refractivity (Wildman–Crippen MR) is 164 cm³/mol. The third-order valence-corrected chi connectivity index (χ3v) is 6.99. The number of hydrazone groups is 1. The average Bonchev–Trinajstić information content (AvgIpc) is 3.00. The zero-order valence-electron chi connectivity index (χ0n) is 24.2. The number of nitrogens with one attached hydrogen (secondary N) is 3. The predicted octanol–water partition coefficient (Wildman–Crippen LogP) is 4.69. The molecule has 2 atom stereocenters. The first-order valence-corrected chi connectivity index (χ1v) is 14.4. The molecule has 44 heavy (non-hydrogen) atoms. The second-order valence-electron chi connectivity index (χ2n) is 9.52. The Balaban J connectivity index is 1.34. The molecular formula is C31H32BrFN4O7. The molecule has 1 heterocycles. The van der Waals surface area contributed by atoms with Crippen LogP contribution in [0.1, 0.15) is 36.6 Å². The molecule has 4 N–H and O–H groups in total. The van der Waals surface area contributed by atoms with Crippen LogP contribution in [0, 0.1) is 5.82 Å². The van der Waals surface area contributed by atoms with Crippen molar-refractivity contribution in [3.05, 3.63) is 98.9 Å². The van der Waals surface area contributed by atoms with Crippen LogP contribution in [0.3, 0.4) is 0 Å². The summed E-state index contributed by atoms with van der Waals surface area (Å²) in [4.78, 5) is 24.6. The number of hydrogen-bond donors (Lipinski definition) is 4. The Hall–Kier alpha value is -4.62. The van der Waals surface area contributed by atoms with Gasteiger partial charge in [-0.1, -0.05) is 18.2 Å². The molecule has 0 unspecified atom stereocenters. The number of allylic oxidation sites excluding steroid dienone is 1. The van der Waals surface area contributed by atoms with E-state index in [4.69, 9.17) is 18.9 Å². The molecule has 0 aromatic heterocycles. The third kappa shape index (κ3) is 8.48. The van der Waals surface area contributed by atoms with E-state index in [1.165, 1.54) is 25.5 Å². The molecule has 1 aliphatic heterocycles. The normalized spacial score (nSPS) is 15.3.